The molecule has 5 atom stereocenters. The minimum absolute atomic E-state index is 0.0682. The van der Waals surface area contributed by atoms with E-state index in [0.717, 1.165) is 0 Å². The van der Waals surface area contributed by atoms with E-state index in [-0.39, 0.29) is 29.7 Å². The monoisotopic (exact) mass is 266 g/mol. The summed E-state index contributed by atoms with van der Waals surface area (Å²) < 4.78 is 25.1. The van der Waals surface area contributed by atoms with Crippen LogP contribution >= 0.6 is 0 Å². The highest BCUT2D eigenvalue weighted by atomic mass is 19.1. The molecule has 2 aliphatic heterocycles. The number of halogens is 1. The number of esters is 1. The first-order valence-electron chi connectivity index (χ1n) is 6.82. The molecule has 19 heavy (non-hydrogen) atoms. The van der Waals surface area contributed by atoms with E-state index in [1.165, 1.54) is 0 Å². The van der Waals surface area contributed by atoms with Gasteiger partial charge in [-0.25, -0.2) is 9.18 Å². The van der Waals surface area contributed by atoms with E-state index < -0.39 is 6.17 Å². The molecule has 0 radical (unpaired) electrons. The van der Waals surface area contributed by atoms with Crippen LogP contribution in [0.3, 0.4) is 0 Å². The summed E-state index contributed by atoms with van der Waals surface area (Å²) in [5.74, 6) is -0.407. The molecule has 0 bridgehead atoms. The molecule has 3 aliphatic rings. The summed E-state index contributed by atoms with van der Waals surface area (Å²) in [5, 5.41) is 0. The van der Waals surface area contributed by atoms with Gasteiger partial charge in [0.1, 0.15) is 18.4 Å². The SMILES string of the molecule is C=C1CC[C@H]2C(=C)C(=O)O[C@@H]2[C@H]2O[C@]2(C)CCC1F. The molecular weight excluding hydrogens is 247 g/mol. The average Bonchev–Trinajstić information content (AvgIpc) is 2.96. The van der Waals surface area contributed by atoms with Crippen LogP contribution in [0.2, 0.25) is 0 Å². The van der Waals surface area contributed by atoms with E-state index in [0.29, 0.717) is 36.8 Å². The Kier molecular flexibility index (Phi) is 2.82. The molecule has 1 unspecified atom stereocenters. The maximum absolute atomic E-state index is 13.9. The molecule has 0 aromatic heterocycles. The summed E-state index contributed by atoms with van der Waals surface area (Å²) in [5.41, 5.74) is 0.732. The Morgan fingerprint density at radius 1 is 1.37 bits per heavy atom. The lowest BCUT2D eigenvalue weighted by molar-refractivity contribution is -0.140. The van der Waals surface area contributed by atoms with Crippen LogP contribution in [0, 0.1) is 5.92 Å². The first kappa shape index (κ1) is 12.9. The van der Waals surface area contributed by atoms with Crippen molar-refractivity contribution in [2.24, 2.45) is 5.92 Å². The van der Waals surface area contributed by atoms with E-state index in [2.05, 4.69) is 13.2 Å². The molecule has 4 heteroatoms. The molecule has 2 saturated heterocycles. The number of hydrogen-bond donors (Lipinski definition) is 0. The van der Waals surface area contributed by atoms with E-state index >= 15 is 0 Å². The van der Waals surface area contributed by atoms with Crippen molar-refractivity contribution >= 4 is 5.97 Å². The average molecular weight is 266 g/mol. The number of epoxide rings is 1. The van der Waals surface area contributed by atoms with Crippen LogP contribution in [-0.2, 0) is 14.3 Å². The fraction of sp³-hybridized carbons (Fsp3) is 0.667. The summed E-state index contributed by atoms with van der Waals surface area (Å²) in [4.78, 5) is 11.7. The maximum atomic E-state index is 13.9. The number of ether oxygens (including phenoxy) is 2. The molecule has 1 saturated carbocycles. The summed E-state index contributed by atoms with van der Waals surface area (Å²) in [6.45, 7) is 9.59. The van der Waals surface area contributed by atoms with Crippen molar-refractivity contribution in [2.45, 2.75) is 56.6 Å². The van der Waals surface area contributed by atoms with Gasteiger partial charge in [-0.1, -0.05) is 13.2 Å². The van der Waals surface area contributed by atoms with Gasteiger partial charge in [0, 0.05) is 11.5 Å². The maximum Gasteiger partial charge on any atom is 0.334 e. The quantitative estimate of drug-likeness (QED) is 0.293. The predicted octanol–water partition coefficient (Wildman–Crippen LogP) is 2.71. The molecule has 1 aliphatic carbocycles. The predicted molar refractivity (Wildman–Crippen MR) is 68.3 cm³/mol. The van der Waals surface area contributed by atoms with Crippen molar-refractivity contribution in [3.63, 3.8) is 0 Å². The molecular formula is C15H19FO3. The van der Waals surface area contributed by atoms with Crippen molar-refractivity contribution in [1.82, 2.24) is 0 Å². The van der Waals surface area contributed by atoms with Gasteiger partial charge in [-0.15, -0.1) is 0 Å². The van der Waals surface area contributed by atoms with Gasteiger partial charge >= 0.3 is 5.97 Å². The smallest absolute Gasteiger partial charge is 0.334 e. The van der Waals surface area contributed by atoms with Gasteiger partial charge < -0.3 is 9.47 Å². The van der Waals surface area contributed by atoms with Gasteiger partial charge in [0.05, 0.1) is 5.60 Å². The molecule has 104 valence electrons. The highest BCUT2D eigenvalue weighted by Crippen LogP contribution is 2.50. The van der Waals surface area contributed by atoms with Gasteiger partial charge in [0.2, 0.25) is 0 Å². The first-order valence-corrected chi connectivity index (χ1v) is 6.82. The van der Waals surface area contributed by atoms with Gasteiger partial charge in [-0.05, 0) is 38.2 Å². The number of alkyl halides is 1. The molecule has 0 spiro atoms. The van der Waals surface area contributed by atoms with Crippen LogP contribution in [0.5, 0.6) is 0 Å². The number of allylic oxidation sites excluding steroid dienone is 1. The lowest BCUT2D eigenvalue weighted by atomic mass is 9.82. The Hall–Kier alpha value is -1.16. The van der Waals surface area contributed by atoms with E-state index in [1.54, 1.807) is 0 Å². The molecule has 0 N–H and O–H groups in total. The van der Waals surface area contributed by atoms with Crippen LogP contribution in [-0.4, -0.2) is 29.9 Å². The first-order chi connectivity index (χ1) is 8.92. The fourth-order valence-corrected chi connectivity index (χ4v) is 3.23. The van der Waals surface area contributed by atoms with Gasteiger partial charge in [-0.2, -0.15) is 0 Å². The Labute approximate surface area is 112 Å². The Balaban J connectivity index is 1.85. The largest absolute Gasteiger partial charge is 0.455 e. The Bertz CT molecular complexity index is 458. The number of carbonyl (C=O) groups excluding carboxylic acids is 1. The number of hydrogen-bond acceptors (Lipinski definition) is 3. The molecule has 0 aromatic rings. The second-order valence-corrected chi connectivity index (χ2v) is 6.06. The second kappa shape index (κ2) is 4.17. The standard InChI is InChI=1S/C15H19FO3/c1-8-4-5-10-9(2)14(17)18-12(10)13-15(3,19-13)7-6-11(8)16/h10-13H,1-2,4-7H2,3H3/t10-,11?,12-,13+,15+/m0/s1. The van der Waals surface area contributed by atoms with Crippen LogP contribution in [0.15, 0.2) is 24.3 Å². The highest BCUT2D eigenvalue weighted by Gasteiger charge is 2.61. The summed E-state index contributed by atoms with van der Waals surface area (Å²) in [6.07, 6.45) is 0.937. The zero-order valence-electron chi connectivity index (χ0n) is 11.2. The topological polar surface area (TPSA) is 38.8 Å². The second-order valence-electron chi connectivity index (χ2n) is 6.06. The third-order valence-corrected chi connectivity index (χ3v) is 4.70. The van der Waals surface area contributed by atoms with Crippen molar-refractivity contribution < 1.29 is 18.7 Å². The zero-order valence-corrected chi connectivity index (χ0v) is 11.2. The molecule has 3 nitrogen and oxygen atoms in total. The molecule has 0 aromatic carbocycles. The third-order valence-electron chi connectivity index (χ3n) is 4.70. The van der Waals surface area contributed by atoms with Crippen molar-refractivity contribution in [1.29, 1.82) is 0 Å². The molecule has 3 rings (SSSR count). The zero-order chi connectivity index (χ0) is 13.8. The highest BCUT2D eigenvalue weighted by molar-refractivity contribution is 5.91. The van der Waals surface area contributed by atoms with Crippen LogP contribution < -0.4 is 0 Å². The summed E-state index contributed by atoms with van der Waals surface area (Å²) in [6, 6.07) is 0. The minimum atomic E-state index is -0.982. The summed E-state index contributed by atoms with van der Waals surface area (Å²) >= 11 is 0. The Morgan fingerprint density at radius 3 is 2.84 bits per heavy atom. The van der Waals surface area contributed by atoms with Gasteiger partial charge in [0.25, 0.3) is 0 Å². The molecule has 0 amide bonds. The van der Waals surface area contributed by atoms with Gasteiger partial charge in [-0.3, -0.25) is 0 Å². The molecule has 2 heterocycles. The molecule has 3 fully saturated rings. The van der Waals surface area contributed by atoms with Crippen LogP contribution in [0.25, 0.3) is 0 Å². The third kappa shape index (κ3) is 2.02. The van der Waals surface area contributed by atoms with Crippen molar-refractivity contribution in [3.8, 4) is 0 Å². The number of fused-ring (bicyclic) bond motifs is 3. The van der Waals surface area contributed by atoms with Gasteiger partial charge in [0.15, 0.2) is 0 Å². The lowest BCUT2D eigenvalue weighted by Crippen LogP contribution is -2.30. The fourth-order valence-electron chi connectivity index (χ4n) is 3.23. The minimum Gasteiger partial charge on any atom is -0.455 e. The normalized spacial score (nSPS) is 46.3. The van der Waals surface area contributed by atoms with Crippen molar-refractivity contribution in [3.05, 3.63) is 24.3 Å². The van der Waals surface area contributed by atoms with Crippen molar-refractivity contribution in [2.75, 3.05) is 0 Å². The van der Waals surface area contributed by atoms with Crippen LogP contribution in [0.1, 0.15) is 32.6 Å². The van der Waals surface area contributed by atoms with E-state index in [4.69, 9.17) is 9.47 Å². The van der Waals surface area contributed by atoms with E-state index in [1.807, 2.05) is 6.92 Å². The summed E-state index contributed by atoms with van der Waals surface area (Å²) in [7, 11) is 0. The van der Waals surface area contributed by atoms with E-state index in [9.17, 15) is 9.18 Å². The lowest BCUT2D eigenvalue weighted by Gasteiger charge is -2.21. The Morgan fingerprint density at radius 2 is 2.11 bits per heavy atom. The number of carbonyl (C=O) groups is 1. The van der Waals surface area contributed by atoms with Crippen LogP contribution in [0.4, 0.5) is 4.39 Å². The number of rotatable bonds is 0.